The van der Waals surface area contributed by atoms with Gasteiger partial charge in [0.05, 0.1) is 0 Å². The molecule has 15 heavy (non-hydrogen) atoms. The second-order valence-electron chi connectivity index (χ2n) is 5.48. The Bertz CT molecular complexity index is 164. The molecule has 1 aliphatic rings. The minimum atomic E-state index is 0.767. The fourth-order valence-electron chi connectivity index (χ4n) is 2.06. The molecule has 1 aliphatic carbocycles. The van der Waals surface area contributed by atoms with E-state index in [4.69, 9.17) is 0 Å². The molecule has 0 aromatic heterocycles. The Morgan fingerprint density at radius 3 is 2.33 bits per heavy atom. The maximum Gasteiger partial charge on any atom is 0.00964 e. The lowest BCUT2D eigenvalue weighted by atomic mass is 10.1. The van der Waals surface area contributed by atoms with E-state index in [1.807, 2.05) is 0 Å². The van der Waals surface area contributed by atoms with Crippen molar-refractivity contribution in [2.45, 2.75) is 46.6 Å². The minimum Gasteiger partial charge on any atom is -0.316 e. The Balaban J connectivity index is 2.08. The van der Waals surface area contributed by atoms with Crippen LogP contribution in [0, 0.1) is 11.8 Å². The van der Waals surface area contributed by atoms with E-state index in [-0.39, 0.29) is 0 Å². The first-order valence-electron chi connectivity index (χ1n) is 6.58. The van der Waals surface area contributed by atoms with E-state index in [2.05, 4.69) is 37.9 Å². The van der Waals surface area contributed by atoms with Gasteiger partial charge in [-0.05, 0) is 44.3 Å². The smallest absolute Gasteiger partial charge is 0.00964 e. The maximum atomic E-state index is 3.55. The standard InChI is InChI=1S/C13H28N2/c1-5-15(13-6-7-13)10-12(4)9-14-8-11(2)3/h11-14H,5-10H2,1-4H3. The number of nitrogens with zero attached hydrogens (tertiary/aromatic N) is 1. The van der Waals surface area contributed by atoms with Crippen molar-refractivity contribution in [3.8, 4) is 0 Å². The summed E-state index contributed by atoms with van der Waals surface area (Å²) in [6, 6.07) is 0.919. The van der Waals surface area contributed by atoms with Gasteiger partial charge in [-0.1, -0.05) is 27.7 Å². The first kappa shape index (κ1) is 13.0. The van der Waals surface area contributed by atoms with Crippen molar-refractivity contribution in [1.82, 2.24) is 10.2 Å². The van der Waals surface area contributed by atoms with E-state index in [0.29, 0.717) is 0 Å². The van der Waals surface area contributed by atoms with Crippen LogP contribution in [0.1, 0.15) is 40.5 Å². The zero-order valence-corrected chi connectivity index (χ0v) is 10.9. The zero-order valence-electron chi connectivity index (χ0n) is 10.9. The second kappa shape index (κ2) is 6.49. The highest BCUT2D eigenvalue weighted by Crippen LogP contribution is 2.26. The molecule has 0 aromatic rings. The largest absolute Gasteiger partial charge is 0.316 e. The van der Waals surface area contributed by atoms with E-state index < -0.39 is 0 Å². The van der Waals surface area contributed by atoms with Crippen LogP contribution in [-0.4, -0.2) is 37.1 Å². The van der Waals surface area contributed by atoms with Gasteiger partial charge in [0.1, 0.15) is 0 Å². The van der Waals surface area contributed by atoms with Crippen molar-refractivity contribution < 1.29 is 0 Å². The predicted molar refractivity (Wildman–Crippen MR) is 67.1 cm³/mol. The highest BCUT2D eigenvalue weighted by atomic mass is 15.2. The fourth-order valence-corrected chi connectivity index (χ4v) is 2.06. The molecule has 0 radical (unpaired) electrons. The molecule has 0 aromatic carbocycles. The molecule has 0 amide bonds. The fraction of sp³-hybridized carbons (Fsp3) is 1.00. The molecule has 0 aliphatic heterocycles. The monoisotopic (exact) mass is 212 g/mol. The molecular weight excluding hydrogens is 184 g/mol. The van der Waals surface area contributed by atoms with Crippen LogP contribution < -0.4 is 5.32 Å². The summed E-state index contributed by atoms with van der Waals surface area (Å²) in [5.41, 5.74) is 0. The van der Waals surface area contributed by atoms with Gasteiger partial charge in [0, 0.05) is 12.6 Å². The Labute approximate surface area is 95.4 Å². The van der Waals surface area contributed by atoms with Gasteiger partial charge in [-0.2, -0.15) is 0 Å². The summed E-state index contributed by atoms with van der Waals surface area (Å²) < 4.78 is 0. The van der Waals surface area contributed by atoms with Crippen LogP contribution in [0.2, 0.25) is 0 Å². The van der Waals surface area contributed by atoms with Crippen LogP contribution in [0.3, 0.4) is 0 Å². The van der Waals surface area contributed by atoms with Gasteiger partial charge in [0.25, 0.3) is 0 Å². The molecule has 1 fully saturated rings. The van der Waals surface area contributed by atoms with Crippen LogP contribution in [-0.2, 0) is 0 Å². The van der Waals surface area contributed by atoms with Gasteiger partial charge >= 0.3 is 0 Å². The molecule has 1 rings (SSSR count). The van der Waals surface area contributed by atoms with E-state index in [1.165, 1.54) is 32.5 Å². The van der Waals surface area contributed by atoms with Crippen molar-refractivity contribution in [2.24, 2.45) is 11.8 Å². The predicted octanol–water partition coefficient (Wildman–Crippen LogP) is 2.35. The van der Waals surface area contributed by atoms with E-state index in [1.54, 1.807) is 0 Å². The van der Waals surface area contributed by atoms with Crippen molar-refractivity contribution in [3.63, 3.8) is 0 Å². The number of hydrogen-bond acceptors (Lipinski definition) is 2. The summed E-state index contributed by atoms with van der Waals surface area (Å²) in [6.07, 6.45) is 2.86. The second-order valence-corrected chi connectivity index (χ2v) is 5.48. The number of hydrogen-bond donors (Lipinski definition) is 1. The summed E-state index contributed by atoms with van der Waals surface area (Å²) in [5, 5.41) is 3.55. The third-order valence-electron chi connectivity index (χ3n) is 3.06. The highest BCUT2D eigenvalue weighted by molar-refractivity contribution is 4.84. The van der Waals surface area contributed by atoms with Crippen molar-refractivity contribution >= 4 is 0 Å². The van der Waals surface area contributed by atoms with Crippen molar-refractivity contribution in [2.75, 3.05) is 26.2 Å². The molecule has 1 unspecified atom stereocenters. The van der Waals surface area contributed by atoms with Crippen LogP contribution in [0.5, 0.6) is 0 Å². The summed E-state index contributed by atoms with van der Waals surface area (Å²) in [7, 11) is 0. The first-order valence-corrected chi connectivity index (χ1v) is 6.58. The quantitative estimate of drug-likeness (QED) is 0.664. The summed E-state index contributed by atoms with van der Waals surface area (Å²) in [6.45, 7) is 14.0. The molecule has 2 nitrogen and oxygen atoms in total. The molecule has 90 valence electrons. The summed E-state index contributed by atoms with van der Waals surface area (Å²) in [4.78, 5) is 2.64. The Morgan fingerprint density at radius 2 is 1.87 bits per heavy atom. The Hall–Kier alpha value is -0.0800. The molecule has 0 bridgehead atoms. The molecule has 1 saturated carbocycles. The van der Waals surface area contributed by atoms with Crippen LogP contribution in [0.15, 0.2) is 0 Å². The number of rotatable bonds is 8. The molecule has 1 N–H and O–H groups in total. The first-order chi connectivity index (χ1) is 7.13. The molecule has 0 saturated heterocycles. The Morgan fingerprint density at radius 1 is 1.20 bits per heavy atom. The average molecular weight is 212 g/mol. The van der Waals surface area contributed by atoms with Gasteiger partial charge in [-0.3, -0.25) is 0 Å². The van der Waals surface area contributed by atoms with Crippen molar-refractivity contribution in [3.05, 3.63) is 0 Å². The molecule has 1 atom stereocenters. The van der Waals surface area contributed by atoms with Gasteiger partial charge in [-0.25, -0.2) is 0 Å². The van der Waals surface area contributed by atoms with Crippen LogP contribution in [0.25, 0.3) is 0 Å². The van der Waals surface area contributed by atoms with Gasteiger partial charge in [-0.15, -0.1) is 0 Å². The van der Waals surface area contributed by atoms with Gasteiger partial charge in [0.2, 0.25) is 0 Å². The van der Waals surface area contributed by atoms with Crippen LogP contribution >= 0.6 is 0 Å². The topological polar surface area (TPSA) is 15.3 Å². The van der Waals surface area contributed by atoms with Crippen molar-refractivity contribution in [1.29, 1.82) is 0 Å². The van der Waals surface area contributed by atoms with E-state index >= 15 is 0 Å². The maximum absolute atomic E-state index is 3.55. The molecule has 2 heteroatoms. The van der Waals surface area contributed by atoms with Crippen LogP contribution in [0.4, 0.5) is 0 Å². The third-order valence-corrected chi connectivity index (χ3v) is 3.06. The summed E-state index contributed by atoms with van der Waals surface area (Å²) in [5.74, 6) is 1.55. The lowest BCUT2D eigenvalue weighted by Crippen LogP contribution is -2.35. The van der Waals surface area contributed by atoms with Gasteiger partial charge < -0.3 is 10.2 Å². The SMILES string of the molecule is CCN(CC(C)CNCC(C)C)C1CC1. The molecule has 0 heterocycles. The number of nitrogens with one attached hydrogen (secondary N) is 1. The lowest BCUT2D eigenvalue weighted by Gasteiger charge is -2.24. The van der Waals surface area contributed by atoms with Gasteiger partial charge in [0.15, 0.2) is 0 Å². The molecule has 0 spiro atoms. The zero-order chi connectivity index (χ0) is 11.3. The van der Waals surface area contributed by atoms with E-state index in [0.717, 1.165) is 24.4 Å². The molecular formula is C13H28N2. The van der Waals surface area contributed by atoms with E-state index in [9.17, 15) is 0 Å². The minimum absolute atomic E-state index is 0.767. The Kier molecular flexibility index (Phi) is 5.62. The normalized spacial score (nSPS) is 18.8. The lowest BCUT2D eigenvalue weighted by molar-refractivity contribution is 0.235. The highest BCUT2D eigenvalue weighted by Gasteiger charge is 2.28. The third kappa shape index (κ3) is 5.53. The summed E-state index contributed by atoms with van der Waals surface area (Å²) >= 11 is 0. The average Bonchev–Trinajstić information content (AvgIpc) is 2.96.